The second-order valence-electron chi connectivity index (χ2n) is 15.1. The van der Waals surface area contributed by atoms with E-state index < -0.39 is 0 Å². The SMILES string of the molecule is Oc1ccc(CNCCCCCCCCCN2CCC(OC3CCN(CCCCCCCCCNCc4ccc(O)c(Cl)c4)CC3)CC2)cc1Cl. The highest BCUT2D eigenvalue weighted by molar-refractivity contribution is 6.32. The van der Waals surface area contributed by atoms with Crippen LogP contribution in [0.2, 0.25) is 10.0 Å². The Bertz CT molecular complexity index is 1110. The van der Waals surface area contributed by atoms with Crippen molar-refractivity contribution >= 4 is 23.2 Å². The summed E-state index contributed by atoms with van der Waals surface area (Å²) in [6.45, 7) is 11.0. The summed E-state index contributed by atoms with van der Waals surface area (Å²) in [4.78, 5) is 5.34. The minimum absolute atomic E-state index is 0.148. The maximum Gasteiger partial charge on any atom is 0.134 e. The lowest BCUT2D eigenvalue weighted by Crippen LogP contribution is -2.42. The lowest BCUT2D eigenvalue weighted by Gasteiger charge is -2.37. The molecule has 0 aliphatic carbocycles. The minimum Gasteiger partial charge on any atom is -0.506 e. The first-order chi connectivity index (χ1) is 25.0. The molecule has 288 valence electrons. The van der Waals surface area contributed by atoms with Gasteiger partial charge in [0.1, 0.15) is 11.5 Å². The fourth-order valence-corrected chi connectivity index (χ4v) is 7.94. The zero-order valence-corrected chi connectivity index (χ0v) is 32.9. The third kappa shape index (κ3) is 17.9. The summed E-state index contributed by atoms with van der Waals surface area (Å²) >= 11 is 12.0. The molecule has 2 aliphatic rings. The summed E-state index contributed by atoms with van der Waals surface area (Å²) in [6.07, 6.45) is 24.2. The summed E-state index contributed by atoms with van der Waals surface area (Å²) in [7, 11) is 0. The summed E-state index contributed by atoms with van der Waals surface area (Å²) in [5, 5.41) is 26.9. The number of halogens is 2. The summed E-state index contributed by atoms with van der Waals surface area (Å²) in [5.41, 5.74) is 2.23. The van der Waals surface area contributed by atoms with E-state index in [0.717, 1.165) is 37.3 Å². The van der Waals surface area contributed by atoms with Crippen LogP contribution in [0.5, 0.6) is 11.5 Å². The molecule has 7 nitrogen and oxygen atoms in total. The van der Waals surface area contributed by atoms with E-state index in [0.29, 0.717) is 22.3 Å². The van der Waals surface area contributed by atoms with Crippen LogP contribution < -0.4 is 10.6 Å². The van der Waals surface area contributed by atoms with Crippen molar-refractivity contribution in [3.63, 3.8) is 0 Å². The number of phenolic OH excluding ortho intramolecular Hbond substituents is 2. The Kier molecular flexibility index (Phi) is 21.0. The lowest BCUT2D eigenvalue weighted by molar-refractivity contribution is -0.0650. The Labute approximate surface area is 319 Å². The zero-order valence-electron chi connectivity index (χ0n) is 31.4. The van der Waals surface area contributed by atoms with Gasteiger partial charge in [-0.15, -0.1) is 0 Å². The molecule has 2 aromatic carbocycles. The molecule has 0 unspecified atom stereocenters. The Morgan fingerprint density at radius 2 is 0.882 bits per heavy atom. The van der Waals surface area contributed by atoms with Crippen molar-refractivity contribution in [3.05, 3.63) is 57.6 Å². The first kappa shape index (κ1) is 42.2. The van der Waals surface area contributed by atoms with E-state index in [1.165, 1.54) is 155 Å². The number of rotatable bonds is 26. The smallest absolute Gasteiger partial charge is 0.134 e. The van der Waals surface area contributed by atoms with Crippen LogP contribution in [0.4, 0.5) is 0 Å². The maximum absolute atomic E-state index is 9.53. The standard InChI is InChI=1S/C42H68Cl2N4O3/c43-39-31-35(15-17-41(39)49)33-45-23-11-7-3-1-5-9-13-25-47-27-19-37(20-28-47)51-38-21-29-48(30-22-38)26-14-10-6-2-4-8-12-24-46-34-36-16-18-42(50)40(44)32-36/h15-18,31-32,37-38,45-46,49-50H,1-14,19-30,33-34H2. The normalized spacial score (nSPS) is 16.7. The van der Waals surface area contributed by atoms with Crippen molar-refractivity contribution in [2.45, 2.75) is 141 Å². The predicted molar refractivity (Wildman–Crippen MR) is 214 cm³/mol. The van der Waals surface area contributed by atoms with Crippen molar-refractivity contribution in [3.8, 4) is 11.5 Å². The van der Waals surface area contributed by atoms with Gasteiger partial charge in [0, 0.05) is 39.3 Å². The molecule has 0 aromatic heterocycles. The average Bonchev–Trinajstić information content (AvgIpc) is 3.13. The van der Waals surface area contributed by atoms with E-state index in [4.69, 9.17) is 27.9 Å². The van der Waals surface area contributed by atoms with Crippen molar-refractivity contribution in [1.29, 1.82) is 0 Å². The van der Waals surface area contributed by atoms with Gasteiger partial charge < -0.3 is 35.4 Å². The molecule has 2 heterocycles. The van der Waals surface area contributed by atoms with Crippen molar-refractivity contribution in [2.75, 3.05) is 52.4 Å². The number of nitrogens with one attached hydrogen (secondary N) is 2. The fraction of sp³-hybridized carbons (Fsp3) is 0.714. The Hall–Kier alpha value is -1.58. The third-order valence-corrected chi connectivity index (χ3v) is 11.4. The highest BCUT2D eigenvalue weighted by atomic mass is 35.5. The van der Waals surface area contributed by atoms with Crippen LogP contribution in [0.15, 0.2) is 36.4 Å². The van der Waals surface area contributed by atoms with Crippen LogP contribution in [0, 0.1) is 0 Å². The molecule has 2 aliphatic heterocycles. The number of likely N-dealkylation sites (tertiary alicyclic amines) is 2. The van der Waals surface area contributed by atoms with E-state index in [2.05, 4.69) is 20.4 Å². The van der Waals surface area contributed by atoms with Crippen molar-refractivity contribution in [2.24, 2.45) is 0 Å². The van der Waals surface area contributed by atoms with Crippen LogP contribution in [-0.2, 0) is 17.8 Å². The van der Waals surface area contributed by atoms with E-state index in [1.54, 1.807) is 12.1 Å². The van der Waals surface area contributed by atoms with Gasteiger partial charge in [-0.05, 0) is 113 Å². The van der Waals surface area contributed by atoms with Gasteiger partial charge in [0.25, 0.3) is 0 Å². The number of ether oxygens (including phenoxy) is 1. The molecule has 2 aromatic rings. The molecule has 9 heteroatoms. The number of hydrogen-bond acceptors (Lipinski definition) is 7. The second kappa shape index (κ2) is 25.4. The lowest BCUT2D eigenvalue weighted by atomic mass is 10.0. The molecule has 0 saturated carbocycles. The van der Waals surface area contributed by atoms with Crippen molar-refractivity contribution < 1.29 is 14.9 Å². The fourth-order valence-electron chi connectivity index (χ4n) is 7.53. The molecule has 4 rings (SSSR count). The van der Waals surface area contributed by atoms with Gasteiger partial charge in [0.05, 0.1) is 22.3 Å². The van der Waals surface area contributed by atoms with Crippen LogP contribution in [-0.4, -0.2) is 84.6 Å². The first-order valence-corrected chi connectivity index (χ1v) is 21.2. The van der Waals surface area contributed by atoms with Crippen LogP contribution in [0.3, 0.4) is 0 Å². The predicted octanol–water partition coefficient (Wildman–Crippen LogP) is 9.69. The molecule has 0 spiro atoms. The summed E-state index contributed by atoms with van der Waals surface area (Å²) < 4.78 is 6.61. The number of benzene rings is 2. The molecule has 0 atom stereocenters. The molecule has 0 radical (unpaired) electrons. The van der Waals surface area contributed by atoms with Crippen LogP contribution in [0.1, 0.15) is 127 Å². The van der Waals surface area contributed by atoms with Gasteiger partial charge in [-0.25, -0.2) is 0 Å². The summed E-state index contributed by atoms with van der Waals surface area (Å²) in [6, 6.07) is 10.8. The quantitative estimate of drug-likeness (QED) is 0.0714. The highest BCUT2D eigenvalue weighted by Crippen LogP contribution is 2.25. The van der Waals surface area contributed by atoms with Crippen LogP contribution in [0.25, 0.3) is 0 Å². The highest BCUT2D eigenvalue weighted by Gasteiger charge is 2.25. The molecule has 2 fully saturated rings. The number of aromatic hydroxyl groups is 2. The van der Waals surface area contributed by atoms with E-state index in [1.807, 2.05) is 24.3 Å². The van der Waals surface area contributed by atoms with Crippen molar-refractivity contribution in [1.82, 2.24) is 20.4 Å². The topological polar surface area (TPSA) is 80.2 Å². The van der Waals surface area contributed by atoms with Gasteiger partial charge in [-0.3, -0.25) is 0 Å². The van der Waals surface area contributed by atoms with Gasteiger partial charge in [0.15, 0.2) is 0 Å². The van der Waals surface area contributed by atoms with Gasteiger partial charge in [-0.1, -0.05) is 99.5 Å². The molecule has 2 saturated heterocycles. The minimum atomic E-state index is 0.148. The third-order valence-electron chi connectivity index (χ3n) is 10.8. The number of piperidine rings is 2. The second-order valence-corrected chi connectivity index (χ2v) is 15.9. The number of phenols is 2. The molecule has 0 bridgehead atoms. The monoisotopic (exact) mass is 746 g/mol. The van der Waals surface area contributed by atoms with E-state index >= 15 is 0 Å². The molecule has 0 amide bonds. The Balaban J connectivity index is 0.867. The zero-order chi connectivity index (χ0) is 35.9. The molecular formula is C42H68Cl2N4O3. The van der Waals surface area contributed by atoms with E-state index in [-0.39, 0.29) is 11.5 Å². The molecular weight excluding hydrogens is 679 g/mol. The molecule has 51 heavy (non-hydrogen) atoms. The maximum atomic E-state index is 9.53. The Morgan fingerprint density at radius 3 is 1.25 bits per heavy atom. The van der Waals surface area contributed by atoms with Gasteiger partial charge in [0.2, 0.25) is 0 Å². The number of nitrogens with zero attached hydrogens (tertiary/aromatic N) is 2. The van der Waals surface area contributed by atoms with Gasteiger partial charge >= 0.3 is 0 Å². The Morgan fingerprint density at radius 1 is 0.529 bits per heavy atom. The van der Waals surface area contributed by atoms with E-state index in [9.17, 15) is 10.2 Å². The first-order valence-electron chi connectivity index (χ1n) is 20.4. The number of unbranched alkanes of at least 4 members (excludes halogenated alkanes) is 12. The largest absolute Gasteiger partial charge is 0.506 e. The average molecular weight is 748 g/mol. The number of hydrogen-bond donors (Lipinski definition) is 4. The van der Waals surface area contributed by atoms with Gasteiger partial charge in [-0.2, -0.15) is 0 Å². The summed E-state index contributed by atoms with van der Waals surface area (Å²) in [5.74, 6) is 0.295. The van der Waals surface area contributed by atoms with Crippen LogP contribution >= 0.6 is 23.2 Å². The molecule has 4 N–H and O–H groups in total.